The van der Waals surface area contributed by atoms with Gasteiger partial charge < -0.3 is 9.15 Å². The van der Waals surface area contributed by atoms with Gasteiger partial charge in [0.1, 0.15) is 0 Å². The molecule has 1 heterocycles. The number of rotatable bonds is 6. The summed E-state index contributed by atoms with van der Waals surface area (Å²) in [6, 6.07) is 7.18. The van der Waals surface area contributed by atoms with Crippen LogP contribution in [0.3, 0.4) is 0 Å². The van der Waals surface area contributed by atoms with E-state index in [9.17, 15) is 4.79 Å². The quantitative estimate of drug-likeness (QED) is 0.758. The summed E-state index contributed by atoms with van der Waals surface area (Å²) in [7, 11) is 0. The first-order valence-electron chi connectivity index (χ1n) is 6.79. The highest BCUT2D eigenvalue weighted by atomic mass is 35.5. The fourth-order valence-electron chi connectivity index (χ4n) is 1.68. The molecular weight excluding hydrogens is 292 g/mol. The third kappa shape index (κ3) is 4.56. The summed E-state index contributed by atoms with van der Waals surface area (Å²) in [4.78, 5) is 11.5. The number of hydrogen-bond acceptors (Lipinski definition) is 5. The molecule has 0 atom stereocenters. The molecule has 0 saturated carbocycles. The van der Waals surface area contributed by atoms with E-state index in [1.807, 2.05) is 12.1 Å². The minimum Gasteiger partial charge on any atom is -0.456 e. The average molecular weight is 309 g/mol. The highest BCUT2D eigenvalue weighted by Gasteiger charge is 2.13. The maximum absolute atomic E-state index is 11.5. The monoisotopic (exact) mass is 308 g/mol. The molecule has 1 aromatic heterocycles. The van der Waals surface area contributed by atoms with E-state index in [1.54, 1.807) is 12.1 Å². The highest BCUT2D eigenvalue weighted by molar-refractivity contribution is 6.33. The standard InChI is InChI=1S/C15H17ClN2O3/c1-10(2)7-8-14(19)20-9-13-17-18-15(21-13)11-5-3-4-6-12(11)16/h3-6,10H,7-9H2,1-2H3. The molecule has 0 amide bonds. The van der Waals surface area contributed by atoms with Crippen LogP contribution in [0.4, 0.5) is 0 Å². The first-order chi connectivity index (χ1) is 10.1. The average Bonchev–Trinajstić information content (AvgIpc) is 2.92. The van der Waals surface area contributed by atoms with Crippen LogP contribution >= 0.6 is 11.6 Å². The number of aromatic nitrogens is 2. The Morgan fingerprint density at radius 3 is 2.81 bits per heavy atom. The predicted octanol–water partition coefficient (Wildman–Crippen LogP) is 3.87. The minimum atomic E-state index is -0.263. The third-order valence-electron chi connectivity index (χ3n) is 2.85. The number of hydrogen-bond donors (Lipinski definition) is 0. The molecule has 0 radical (unpaired) electrons. The van der Waals surface area contributed by atoms with Gasteiger partial charge in [0.25, 0.3) is 5.89 Å². The second-order valence-electron chi connectivity index (χ2n) is 5.07. The lowest BCUT2D eigenvalue weighted by Crippen LogP contribution is -2.06. The van der Waals surface area contributed by atoms with Crippen molar-refractivity contribution in [2.75, 3.05) is 0 Å². The maximum Gasteiger partial charge on any atom is 0.306 e. The second-order valence-corrected chi connectivity index (χ2v) is 5.48. The van der Waals surface area contributed by atoms with Gasteiger partial charge in [0.15, 0.2) is 6.61 Å². The van der Waals surface area contributed by atoms with Crippen molar-refractivity contribution in [1.82, 2.24) is 10.2 Å². The molecule has 0 fully saturated rings. The van der Waals surface area contributed by atoms with Gasteiger partial charge in [-0.25, -0.2) is 0 Å². The summed E-state index contributed by atoms with van der Waals surface area (Å²) in [5, 5.41) is 8.28. The van der Waals surface area contributed by atoms with Crippen LogP contribution < -0.4 is 0 Å². The molecule has 2 rings (SSSR count). The van der Waals surface area contributed by atoms with Crippen LogP contribution in [-0.4, -0.2) is 16.2 Å². The van der Waals surface area contributed by atoms with E-state index < -0.39 is 0 Å². The normalized spacial score (nSPS) is 10.9. The molecule has 0 aliphatic rings. The molecule has 0 aliphatic carbocycles. The lowest BCUT2D eigenvalue weighted by molar-refractivity contribution is -0.145. The summed E-state index contributed by atoms with van der Waals surface area (Å²) in [6.45, 7) is 4.09. The van der Waals surface area contributed by atoms with Crippen molar-refractivity contribution in [3.05, 3.63) is 35.2 Å². The van der Waals surface area contributed by atoms with Gasteiger partial charge in [0, 0.05) is 6.42 Å². The predicted molar refractivity (Wildman–Crippen MR) is 78.6 cm³/mol. The Kier molecular flexibility index (Phi) is 5.33. The molecule has 2 aromatic rings. The zero-order valence-electron chi connectivity index (χ0n) is 12.0. The van der Waals surface area contributed by atoms with E-state index in [2.05, 4.69) is 24.0 Å². The van der Waals surface area contributed by atoms with E-state index in [1.165, 1.54) is 0 Å². The van der Waals surface area contributed by atoms with Crippen LogP contribution in [0.25, 0.3) is 11.5 Å². The van der Waals surface area contributed by atoms with E-state index in [0.29, 0.717) is 28.8 Å². The molecule has 21 heavy (non-hydrogen) atoms. The van der Waals surface area contributed by atoms with Gasteiger partial charge >= 0.3 is 5.97 Å². The van der Waals surface area contributed by atoms with Gasteiger partial charge in [0.05, 0.1) is 10.6 Å². The van der Waals surface area contributed by atoms with Crippen LogP contribution in [0.5, 0.6) is 0 Å². The molecule has 6 heteroatoms. The molecule has 0 saturated heterocycles. The van der Waals surface area contributed by atoms with Crippen molar-refractivity contribution in [1.29, 1.82) is 0 Å². The van der Waals surface area contributed by atoms with Gasteiger partial charge in [-0.15, -0.1) is 10.2 Å². The number of nitrogens with zero attached hydrogens (tertiary/aromatic N) is 2. The lowest BCUT2D eigenvalue weighted by Gasteiger charge is -2.04. The van der Waals surface area contributed by atoms with Crippen molar-refractivity contribution in [2.24, 2.45) is 5.92 Å². The molecule has 0 N–H and O–H groups in total. The van der Waals surface area contributed by atoms with Crippen LogP contribution in [0, 0.1) is 5.92 Å². The Hall–Kier alpha value is -1.88. The molecule has 112 valence electrons. The molecule has 0 bridgehead atoms. The fraction of sp³-hybridized carbons (Fsp3) is 0.400. The molecule has 1 aromatic carbocycles. The Morgan fingerprint density at radius 2 is 2.10 bits per heavy atom. The SMILES string of the molecule is CC(C)CCC(=O)OCc1nnc(-c2ccccc2Cl)o1. The number of carbonyl (C=O) groups is 1. The fourth-order valence-corrected chi connectivity index (χ4v) is 1.89. The van der Waals surface area contributed by atoms with E-state index in [0.717, 1.165) is 6.42 Å². The molecule has 5 nitrogen and oxygen atoms in total. The van der Waals surface area contributed by atoms with Crippen molar-refractivity contribution in [3.8, 4) is 11.5 Å². The number of ether oxygens (including phenoxy) is 1. The molecule has 0 spiro atoms. The zero-order valence-corrected chi connectivity index (χ0v) is 12.8. The van der Waals surface area contributed by atoms with Gasteiger partial charge in [-0.05, 0) is 24.5 Å². The minimum absolute atomic E-state index is 0.0195. The Balaban J connectivity index is 1.92. The van der Waals surface area contributed by atoms with Gasteiger partial charge in [-0.2, -0.15) is 0 Å². The van der Waals surface area contributed by atoms with E-state index in [-0.39, 0.29) is 18.5 Å². The second kappa shape index (κ2) is 7.22. The van der Waals surface area contributed by atoms with Crippen LogP contribution in [0.2, 0.25) is 5.02 Å². The number of esters is 1. The number of benzene rings is 1. The van der Waals surface area contributed by atoms with Crippen LogP contribution in [0.15, 0.2) is 28.7 Å². The smallest absolute Gasteiger partial charge is 0.306 e. The summed E-state index contributed by atoms with van der Waals surface area (Å²) < 4.78 is 10.5. The highest BCUT2D eigenvalue weighted by Crippen LogP contribution is 2.26. The summed E-state index contributed by atoms with van der Waals surface area (Å²) in [5.41, 5.74) is 0.657. The molecule has 0 unspecified atom stereocenters. The first kappa shape index (κ1) is 15.5. The Labute approximate surface area is 128 Å². The van der Waals surface area contributed by atoms with Crippen molar-refractivity contribution in [2.45, 2.75) is 33.3 Å². The van der Waals surface area contributed by atoms with Crippen LogP contribution in [-0.2, 0) is 16.1 Å². The Bertz CT molecular complexity index is 610. The number of halogens is 1. The molecular formula is C15H17ClN2O3. The van der Waals surface area contributed by atoms with Gasteiger partial charge in [-0.1, -0.05) is 37.6 Å². The largest absolute Gasteiger partial charge is 0.456 e. The van der Waals surface area contributed by atoms with Gasteiger partial charge in [-0.3, -0.25) is 4.79 Å². The lowest BCUT2D eigenvalue weighted by atomic mass is 10.1. The topological polar surface area (TPSA) is 65.2 Å². The van der Waals surface area contributed by atoms with Crippen molar-refractivity contribution in [3.63, 3.8) is 0 Å². The summed E-state index contributed by atoms with van der Waals surface area (Å²) in [5.74, 6) is 0.769. The Morgan fingerprint density at radius 1 is 1.33 bits per heavy atom. The summed E-state index contributed by atoms with van der Waals surface area (Å²) >= 11 is 6.05. The van der Waals surface area contributed by atoms with E-state index >= 15 is 0 Å². The summed E-state index contributed by atoms with van der Waals surface area (Å²) in [6.07, 6.45) is 1.19. The first-order valence-corrected chi connectivity index (χ1v) is 7.17. The van der Waals surface area contributed by atoms with Crippen molar-refractivity contribution < 1.29 is 13.9 Å². The number of carbonyl (C=O) groups excluding carboxylic acids is 1. The maximum atomic E-state index is 11.5. The zero-order chi connectivity index (χ0) is 15.2. The van der Waals surface area contributed by atoms with Crippen LogP contribution in [0.1, 0.15) is 32.6 Å². The third-order valence-corrected chi connectivity index (χ3v) is 3.18. The van der Waals surface area contributed by atoms with E-state index in [4.69, 9.17) is 20.8 Å². The van der Waals surface area contributed by atoms with Crippen molar-refractivity contribution >= 4 is 17.6 Å². The molecule has 0 aliphatic heterocycles. The van der Waals surface area contributed by atoms with Gasteiger partial charge in [0.2, 0.25) is 5.89 Å².